The normalized spacial score (nSPS) is 28.8. The molecular formula is C17H35N3OS. The Labute approximate surface area is 142 Å². The largest absolute Gasteiger partial charge is 0.377 e. The minimum atomic E-state index is 0.455. The van der Waals surface area contributed by atoms with Crippen molar-refractivity contribution in [1.82, 2.24) is 14.7 Å². The number of hydrogen-bond donors (Lipinski definition) is 1. The van der Waals surface area contributed by atoms with Crippen molar-refractivity contribution < 1.29 is 4.74 Å². The Morgan fingerprint density at radius 2 is 1.73 bits per heavy atom. The van der Waals surface area contributed by atoms with Crippen LogP contribution in [0.25, 0.3) is 0 Å². The summed E-state index contributed by atoms with van der Waals surface area (Å²) in [6.07, 6.45) is 4.15. The minimum Gasteiger partial charge on any atom is -0.377 e. The smallest absolute Gasteiger partial charge is 0.0605 e. The number of thiol groups is 1. The molecule has 1 aliphatic carbocycles. The van der Waals surface area contributed by atoms with E-state index in [9.17, 15) is 0 Å². The third kappa shape index (κ3) is 6.00. The zero-order chi connectivity index (χ0) is 15.9. The van der Waals surface area contributed by atoms with E-state index >= 15 is 0 Å². The van der Waals surface area contributed by atoms with Gasteiger partial charge in [-0.1, -0.05) is 13.8 Å². The van der Waals surface area contributed by atoms with Gasteiger partial charge in [0, 0.05) is 50.6 Å². The maximum absolute atomic E-state index is 6.04. The van der Waals surface area contributed by atoms with Crippen molar-refractivity contribution in [2.24, 2.45) is 0 Å². The quantitative estimate of drug-likeness (QED) is 0.650. The molecule has 0 aromatic heterocycles. The van der Waals surface area contributed by atoms with Gasteiger partial charge in [0.15, 0.2) is 0 Å². The zero-order valence-electron chi connectivity index (χ0n) is 14.7. The van der Waals surface area contributed by atoms with Crippen LogP contribution < -0.4 is 0 Å². The molecule has 0 radical (unpaired) electrons. The molecule has 0 bridgehead atoms. The van der Waals surface area contributed by atoms with Crippen molar-refractivity contribution in [2.45, 2.75) is 50.5 Å². The highest BCUT2D eigenvalue weighted by Gasteiger charge is 2.32. The van der Waals surface area contributed by atoms with Crippen molar-refractivity contribution in [3.63, 3.8) is 0 Å². The lowest BCUT2D eigenvalue weighted by atomic mass is 9.88. The van der Waals surface area contributed by atoms with Gasteiger partial charge in [-0.25, -0.2) is 0 Å². The molecule has 2 aliphatic rings. The van der Waals surface area contributed by atoms with Gasteiger partial charge in [0.1, 0.15) is 0 Å². The van der Waals surface area contributed by atoms with Gasteiger partial charge in [0.2, 0.25) is 0 Å². The molecular weight excluding hydrogens is 294 g/mol. The van der Waals surface area contributed by atoms with E-state index in [1.807, 2.05) is 0 Å². The van der Waals surface area contributed by atoms with E-state index in [0.29, 0.717) is 17.4 Å². The van der Waals surface area contributed by atoms with Gasteiger partial charge in [0.05, 0.1) is 12.7 Å². The molecule has 22 heavy (non-hydrogen) atoms. The summed E-state index contributed by atoms with van der Waals surface area (Å²) in [4.78, 5) is 7.56. The van der Waals surface area contributed by atoms with E-state index in [-0.39, 0.29) is 0 Å². The van der Waals surface area contributed by atoms with Crippen LogP contribution in [-0.4, -0.2) is 91.6 Å². The lowest BCUT2D eigenvalue weighted by Gasteiger charge is -2.42. The Hall–Kier alpha value is 0.190. The number of nitrogens with zero attached hydrogens (tertiary/aromatic N) is 3. The van der Waals surface area contributed by atoms with Crippen molar-refractivity contribution in [3.05, 3.63) is 0 Å². The van der Waals surface area contributed by atoms with Gasteiger partial charge in [0.25, 0.3) is 0 Å². The second-order valence-electron chi connectivity index (χ2n) is 7.09. The van der Waals surface area contributed by atoms with Crippen LogP contribution in [0.5, 0.6) is 0 Å². The molecule has 1 saturated carbocycles. The van der Waals surface area contributed by atoms with Gasteiger partial charge in [-0.3, -0.25) is 4.90 Å². The Morgan fingerprint density at radius 1 is 1.14 bits per heavy atom. The van der Waals surface area contributed by atoms with Crippen molar-refractivity contribution in [2.75, 3.05) is 59.5 Å². The Morgan fingerprint density at radius 3 is 2.27 bits per heavy atom. The minimum absolute atomic E-state index is 0.455. The van der Waals surface area contributed by atoms with Crippen molar-refractivity contribution in [3.8, 4) is 0 Å². The van der Waals surface area contributed by atoms with Gasteiger partial charge >= 0.3 is 0 Å². The topological polar surface area (TPSA) is 19.0 Å². The summed E-state index contributed by atoms with van der Waals surface area (Å²) in [6.45, 7) is 13.6. The highest BCUT2D eigenvalue weighted by atomic mass is 32.1. The van der Waals surface area contributed by atoms with Crippen LogP contribution in [-0.2, 0) is 4.74 Å². The van der Waals surface area contributed by atoms with Crippen LogP contribution in [0.4, 0.5) is 0 Å². The monoisotopic (exact) mass is 329 g/mol. The first-order valence-corrected chi connectivity index (χ1v) is 9.54. The Kier molecular flexibility index (Phi) is 7.98. The van der Waals surface area contributed by atoms with Gasteiger partial charge in [-0.05, 0) is 32.9 Å². The first kappa shape index (κ1) is 18.5. The van der Waals surface area contributed by atoms with Crippen molar-refractivity contribution in [1.29, 1.82) is 0 Å². The molecule has 5 heteroatoms. The van der Waals surface area contributed by atoms with Gasteiger partial charge in [-0.2, -0.15) is 12.6 Å². The van der Waals surface area contributed by atoms with E-state index in [1.165, 1.54) is 52.0 Å². The van der Waals surface area contributed by atoms with Crippen LogP contribution in [0.1, 0.15) is 33.1 Å². The van der Waals surface area contributed by atoms with E-state index in [4.69, 9.17) is 4.74 Å². The van der Waals surface area contributed by atoms with Crippen LogP contribution in [0, 0.1) is 0 Å². The standard InChI is InChI=1S/C17H35N3OS/c1-4-5-19-6-8-20(9-7-19)10-11-21-17-12-16(13-17)18(3)14-15(2)22/h15-17,22H,4-14H2,1-3H3. The molecule has 1 heterocycles. The fraction of sp³-hybridized carbons (Fsp3) is 1.00. The summed E-state index contributed by atoms with van der Waals surface area (Å²) >= 11 is 4.47. The summed E-state index contributed by atoms with van der Waals surface area (Å²) in [5.41, 5.74) is 0. The van der Waals surface area contributed by atoms with Crippen LogP contribution in [0.15, 0.2) is 0 Å². The molecule has 1 saturated heterocycles. The summed E-state index contributed by atoms with van der Waals surface area (Å²) in [5.74, 6) is 0. The second kappa shape index (κ2) is 9.48. The van der Waals surface area contributed by atoms with E-state index in [0.717, 1.165) is 19.7 Å². The molecule has 0 amide bonds. The van der Waals surface area contributed by atoms with Gasteiger partial charge < -0.3 is 14.5 Å². The zero-order valence-corrected chi connectivity index (χ0v) is 15.6. The van der Waals surface area contributed by atoms with E-state index in [2.05, 4.69) is 48.2 Å². The predicted octanol–water partition coefficient (Wildman–Crippen LogP) is 1.81. The highest BCUT2D eigenvalue weighted by molar-refractivity contribution is 7.80. The number of rotatable bonds is 9. The summed E-state index contributed by atoms with van der Waals surface area (Å²) in [7, 11) is 2.21. The average molecular weight is 330 g/mol. The molecule has 1 atom stereocenters. The molecule has 4 nitrogen and oxygen atoms in total. The Bertz CT molecular complexity index is 302. The average Bonchev–Trinajstić information content (AvgIpc) is 2.42. The maximum atomic E-state index is 6.04. The predicted molar refractivity (Wildman–Crippen MR) is 97.0 cm³/mol. The van der Waals surface area contributed by atoms with Crippen LogP contribution in [0.2, 0.25) is 0 Å². The second-order valence-corrected chi connectivity index (χ2v) is 7.97. The lowest BCUT2D eigenvalue weighted by Crippen LogP contribution is -2.49. The summed E-state index contributed by atoms with van der Waals surface area (Å²) in [6, 6.07) is 0.706. The number of piperazine rings is 1. The van der Waals surface area contributed by atoms with Crippen molar-refractivity contribution >= 4 is 12.6 Å². The van der Waals surface area contributed by atoms with E-state index in [1.54, 1.807) is 0 Å². The molecule has 0 aromatic rings. The first-order chi connectivity index (χ1) is 10.6. The van der Waals surface area contributed by atoms with E-state index < -0.39 is 0 Å². The fourth-order valence-corrected chi connectivity index (χ4v) is 3.76. The maximum Gasteiger partial charge on any atom is 0.0605 e. The highest BCUT2D eigenvalue weighted by Crippen LogP contribution is 2.27. The Balaban J connectivity index is 1.49. The molecule has 2 fully saturated rings. The van der Waals surface area contributed by atoms with Gasteiger partial charge in [-0.15, -0.1) is 0 Å². The number of hydrogen-bond acceptors (Lipinski definition) is 5. The molecule has 1 aliphatic heterocycles. The first-order valence-electron chi connectivity index (χ1n) is 9.03. The number of ether oxygens (including phenoxy) is 1. The third-order valence-corrected chi connectivity index (χ3v) is 5.17. The molecule has 1 unspecified atom stereocenters. The van der Waals surface area contributed by atoms with Crippen LogP contribution in [0.3, 0.4) is 0 Å². The summed E-state index contributed by atoms with van der Waals surface area (Å²) < 4.78 is 6.04. The third-order valence-electron chi connectivity index (χ3n) is 5.01. The lowest BCUT2D eigenvalue weighted by molar-refractivity contribution is -0.0522. The molecule has 0 spiro atoms. The molecule has 0 aromatic carbocycles. The molecule has 130 valence electrons. The molecule has 2 rings (SSSR count). The fourth-order valence-electron chi connectivity index (χ4n) is 3.50. The van der Waals surface area contributed by atoms with Crippen LogP contribution >= 0.6 is 12.6 Å². The molecule has 0 N–H and O–H groups in total. The SMILES string of the molecule is CCCN1CCN(CCOC2CC(N(C)CC(C)S)C2)CC1. The summed E-state index contributed by atoms with van der Waals surface area (Å²) in [5, 5.41) is 0.455.